The van der Waals surface area contributed by atoms with Crippen molar-refractivity contribution in [1.82, 2.24) is 14.8 Å². The molecule has 0 aliphatic carbocycles. The van der Waals surface area contributed by atoms with Gasteiger partial charge in [0.15, 0.2) is 11.4 Å². The van der Waals surface area contributed by atoms with Crippen molar-refractivity contribution in [3.05, 3.63) is 54.3 Å². The molecule has 2 heterocycles. The second-order valence-corrected chi connectivity index (χ2v) is 9.10. The van der Waals surface area contributed by atoms with Crippen molar-refractivity contribution in [3.8, 4) is 0 Å². The Morgan fingerprint density at radius 1 is 1.00 bits per heavy atom. The van der Waals surface area contributed by atoms with Crippen LogP contribution in [0.15, 0.2) is 57.9 Å². The molecule has 7 nitrogen and oxygen atoms in total. The van der Waals surface area contributed by atoms with Crippen molar-refractivity contribution in [1.29, 1.82) is 0 Å². The van der Waals surface area contributed by atoms with Gasteiger partial charge in [-0.05, 0) is 43.7 Å². The number of halogens is 1. The maximum atomic E-state index is 13.7. The second-order valence-electron chi connectivity index (χ2n) is 7.37. The van der Waals surface area contributed by atoms with E-state index in [4.69, 9.17) is 4.52 Å². The number of benzene rings is 2. The van der Waals surface area contributed by atoms with E-state index in [0.717, 1.165) is 62.0 Å². The Morgan fingerprint density at radius 2 is 1.73 bits per heavy atom. The van der Waals surface area contributed by atoms with Crippen molar-refractivity contribution < 1.29 is 17.3 Å². The summed E-state index contributed by atoms with van der Waals surface area (Å²) >= 11 is 0. The minimum Gasteiger partial charge on any atom is -0.354 e. The molecule has 0 atom stereocenters. The summed E-state index contributed by atoms with van der Waals surface area (Å²) in [6.45, 7) is 4.77. The topological polar surface area (TPSA) is 78.7 Å². The summed E-state index contributed by atoms with van der Waals surface area (Å²) in [4.78, 5) is 4.30. The summed E-state index contributed by atoms with van der Waals surface area (Å²) < 4.78 is 45.9. The SMILES string of the molecule is O=S(=O)(NCCCCN1CCN(c2noc3ccccc23)CC1)c1ccccc1F. The van der Waals surface area contributed by atoms with E-state index in [0.29, 0.717) is 13.0 Å². The predicted octanol–water partition coefficient (Wildman–Crippen LogP) is 2.85. The van der Waals surface area contributed by atoms with Crippen LogP contribution in [0.2, 0.25) is 0 Å². The van der Waals surface area contributed by atoms with Crippen LogP contribution >= 0.6 is 0 Å². The second kappa shape index (κ2) is 9.11. The molecule has 1 fully saturated rings. The number of unbranched alkanes of at least 4 members (excludes halogenated alkanes) is 1. The Labute approximate surface area is 175 Å². The third-order valence-corrected chi connectivity index (χ3v) is 6.84. The molecule has 3 aromatic rings. The molecule has 0 amide bonds. The molecule has 1 aliphatic rings. The summed E-state index contributed by atoms with van der Waals surface area (Å²) in [5.74, 6) is 0.163. The van der Waals surface area contributed by atoms with Crippen molar-refractivity contribution in [2.45, 2.75) is 17.7 Å². The molecule has 0 unspecified atom stereocenters. The van der Waals surface area contributed by atoms with Gasteiger partial charge in [-0.1, -0.05) is 29.4 Å². The number of anilines is 1. The highest BCUT2D eigenvalue weighted by Gasteiger charge is 2.21. The van der Waals surface area contributed by atoms with Gasteiger partial charge >= 0.3 is 0 Å². The molecule has 0 bridgehead atoms. The maximum absolute atomic E-state index is 13.7. The number of hydrogen-bond donors (Lipinski definition) is 1. The monoisotopic (exact) mass is 432 g/mol. The number of para-hydroxylation sites is 1. The van der Waals surface area contributed by atoms with E-state index < -0.39 is 15.8 Å². The molecular weight excluding hydrogens is 407 g/mol. The zero-order chi connectivity index (χ0) is 21.0. The first-order valence-electron chi connectivity index (χ1n) is 10.1. The Hall–Kier alpha value is -2.49. The smallest absolute Gasteiger partial charge is 0.243 e. The van der Waals surface area contributed by atoms with Crippen LogP contribution in [0.25, 0.3) is 11.0 Å². The van der Waals surface area contributed by atoms with Gasteiger partial charge in [0, 0.05) is 32.7 Å². The Balaban J connectivity index is 1.19. The molecule has 2 aromatic carbocycles. The van der Waals surface area contributed by atoms with Gasteiger partial charge in [0.05, 0.1) is 5.39 Å². The number of rotatable bonds is 8. The van der Waals surface area contributed by atoms with E-state index in [2.05, 4.69) is 19.7 Å². The van der Waals surface area contributed by atoms with Crippen LogP contribution in [-0.2, 0) is 10.0 Å². The van der Waals surface area contributed by atoms with Crippen LogP contribution in [0, 0.1) is 5.82 Å². The van der Waals surface area contributed by atoms with E-state index >= 15 is 0 Å². The fraction of sp³-hybridized carbons (Fsp3) is 0.381. The normalized spacial score (nSPS) is 15.7. The first-order valence-corrected chi connectivity index (χ1v) is 11.6. The van der Waals surface area contributed by atoms with Crippen LogP contribution in [0.1, 0.15) is 12.8 Å². The van der Waals surface area contributed by atoms with Gasteiger partial charge in [-0.3, -0.25) is 4.90 Å². The number of fused-ring (bicyclic) bond motifs is 1. The number of piperazine rings is 1. The van der Waals surface area contributed by atoms with E-state index in [1.165, 1.54) is 18.2 Å². The molecule has 160 valence electrons. The Kier molecular flexibility index (Phi) is 6.31. The van der Waals surface area contributed by atoms with Gasteiger partial charge in [0.2, 0.25) is 10.0 Å². The maximum Gasteiger partial charge on any atom is 0.243 e. The van der Waals surface area contributed by atoms with Gasteiger partial charge in [0.1, 0.15) is 10.7 Å². The first-order chi connectivity index (χ1) is 14.5. The number of nitrogens with one attached hydrogen (secondary N) is 1. The molecule has 1 aliphatic heterocycles. The quantitative estimate of drug-likeness (QED) is 0.552. The van der Waals surface area contributed by atoms with Crippen molar-refractivity contribution >= 4 is 26.8 Å². The lowest BCUT2D eigenvalue weighted by molar-refractivity contribution is 0.252. The number of sulfonamides is 1. The minimum atomic E-state index is -3.81. The molecular formula is C21H25FN4O3S. The van der Waals surface area contributed by atoms with E-state index in [1.54, 1.807) is 0 Å². The van der Waals surface area contributed by atoms with Crippen molar-refractivity contribution in [2.24, 2.45) is 0 Å². The number of aromatic nitrogens is 1. The van der Waals surface area contributed by atoms with Crippen LogP contribution in [0.4, 0.5) is 10.2 Å². The predicted molar refractivity (Wildman–Crippen MR) is 113 cm³/mol. The van der Waals surface area contributed by atoms with Gasteiger partial charge in [-0.2, -0.15) is 0 Å². The van der Waals surface area contributed by atoms with Crippen LogP contribution in [-0.4, -0.2) is 57.7 Å². The van der Waals surface area contributed by atoms with Gasteiger partial charge in [-0.25, -0.2) is 17.5 Å². The zero-order valence-electron chi connectivity index (χ0n) is 16.6. The van der Waals surface area contributed by atoms with Gasteiger partial charge in [-0.15, -0.1) is 0 Å². The minimum absolute atomic E-state index is 0.293. The summed E-state index contributed by atoms with van der Waals surface area (Å²) in [6, 6.07) is 13.3. The first kappa shape index (κ1) is 20.8. The lowest BCUT2D eigenvalue weighted by Gasteiger charge is -2.34. The lowest BCUT2D eigenvalue weighted by Crippen LogP contribution is -2.46. The number of hydrogen-bond acceptors (Lipinski definition) is 6. The van der Waals surface area contributed by atoms with Crippen LogP contribution in [0.3, 0.4) is 0 Å². The molecule has 9 heteroatoms. The van der Waals surface area contributed by atoms with Crippen molar-refractivity contribution in [2.75, 3.05) is 44.2 Å². The Morgan fingerprint density at radius 3 is 2.53 bits per heavy atom. The van der Waals surface area contributed by atoms with E-state index in [1.807, 2.05) is 24.3 Å². The average molecular weight is 433 g/mol. The molecule has 1 saturated heterocycles. The molecule has 0 radical (unpaired) electrons. The summed E-state index contributed by atoms with van der Waals surface area (Å²) in [5.41, 5.74) is 0.799. The molecule has 1 aromatic heterocycles. The lowest BCUT2D eigenvalue weighted by atomic mass is 10.2. The van der Waals surface area contributed by atoms with Gasteiger partial charge < -0.3 is 9.42 Å². The highest BCUT2D eigenvalue weighted by atomic mass is 32.2. The highest BCUT2D eigenvalue weighted by molar-refractivity contribution is 7.89. The summed E-state index contributed by atoms with van der Waals surface area (Å²) in [5, 5.41) is 5.26. The largest absolute Gasteiger partial charge is 0.354 e. The summed E-state index contributed by atoms with van der Waals surface area (Å²) in [7, 11) is -3.81. The third-order valence-electron chi connectivity index (χ3n) is 5.35. The third kappa shape index (κ3) is 4.63. The molecule has 0 spiro atoms. The molecule has 1 N–H and O–H groups in total. The molecule has 30 heavy (non-hydrogen) atoms. The fourth-order valence-electron chi connectivity index (χ4n) is 3.69. The molecule has 4 rings (SSSR count). The zero-order valence-corrected chi connectivity index (χ0v) is 17.4. The molecule has 0 saturated carbocycles. The standard InChI is InChI=1S/C21H25FN4O3S/c22-18-8-2-4-10-20(18)30(27,28)23-11-5-6-12-25-13-15-26(16-14-25)21-17-7-1-3-9-19(17)29-24-21/h1-4,7-10,23H,5-6,11-16H2. The Bertz CT molecular complexity index is 1090. The number of nitrogens with zero attached hydrogens (tertiary/aromatic N) is 3. The van der Waals surface area contributed by atoms with Gasteiger partial charge in [0.25, 0.3) is 0 Å². The van der Waals surface area contributed by atoms with Crippen molar-refractivity contribution in [3.63, 3.8) is 0 Å². The average Bonchev–Trinajstić information content (AvgIpc) is 3.18. The highest BCUT2D eigenvalue weighted by Crippen LogP contribution is 2.26. The van der Waals surface area contributed by atoms with E-state index in [-0.39, 0.29) is 4.90 Å². The fourth-order valence-corrected chi connectivity index (χ4v) is 4.84. The van der Waals surface area contributed by atoms with Crippen LogP contribution in [0.5, 0.6) is 0 Å². The van der Waals surface area contributed by atoms with Crippen LogP contribution < -0.4 is 9.62 Å². The summed E-state index contributed by atoms with van der Waals surface area (Å²) in [6.07, 6.45) is 1.56. The van der Waals surface area contributed by atoms with E-state index in [9.17, 15) is 12.8 Å².